The van der Waals surface area contributed by atoms with Crippen molar-refractivity contribution in [3.8, 4) is 11.3 Å². The number of nitrogens with zero attached hydrogens (tertiary/aromatic N) is 4. The number of nitro benzene ring substituents is 1. The Balaban J connectivity index is 1.84. The second-order valence-electron chi connectivity index (χ2n) is 5.73. The van der Waals surface area contributed by atoms with Crippen molar-refractivity contribution in [3.05, 3.63) is 70.5 Å². The fraction of sp³-hybridized carbons (Fsp3) is 0.111. The highest BCUT2D eigenvalue weighted by Gasteiger charge is 2.10. The van der Waals surface area contributed by atoms with Gasteiger partial charge in [-0.1, -0.05) is 12.1 Å². The molecule has 3 rings (SSSR count). The molecule has 0 bridgehead atoms. The van der Waals surface area contributed by atoms with Crippen LogP contribution in [0.25, 0.3) is 11.3 Å². The summed E-state index contributed by atoms with van der Waals surface area (Å²) in [5.74, 6) is -0.458. The third-order valence-corrected chi connectivity index (χ3v) is 3.68. The lowest BCUT2D eigenvalue weighted by atomic mass is 10.2. The van der Waals surface area contributed by atoms with Crippen molar-refractivity contribution in [1.82, 2.24) is 15.0 Å². The smallest absolute Gasteiger partial charge is 0.322 e. The molecule has 10 nitrogen and oxygen atoms in total. The van der Waals surface area contributed by atoms with Crippen LogP contribution in [0.5, 0.6) is 0 Å². The molecule has 0 saturated heterocycles. The van der Waals surface area contributed by atoms with Gasteiger partial charge < -0.3 is 15.7 Å². The van der Waals surface area contributed by atoms with Gasteiger partial charge in [0, 0.05) is 42.7 Å². The molecule has 0 fully saturated rings. The third kappa shape index (κ3) is 4.97. The molecular formula is C18H16N6O4. The Morgan fingerprint density at radius 3 is 2.71 bits per heavy atom. The Morgan fingerprint density at radius 2 is 2.00 bits per heavy atom. The van der Waals surface area contributed by atoms with E-state index in [1.165, 1.54) is 12.1 Å². The van der Waals surface area contributed by atoms with Crippen LogP contribution in [0.15, 0.2) is 54.9 Å². The maximum Gasteiger partial charge on any atom is 0.322 e. The monoisotopic (exact) mass is 380 g/mol. The van der Waals surface area contributed by atoms with Crippen molar-refractivity contribution in [2.75, 3.05) is 17.2 Å². The highest BCUT2D eigenvalue weighted by atomic mass is 16.6. The molecule has 0 aliphatic carbocycles. The van der Waals surface area contributed by atoms with E-state index in [0.717, 1.165) is 5.56 Å². The van der Waals surface area contributed by atoms with Gasteiger partial charge in [-0.15, -0.1) is 0 Å². The molecule has 10 heteroatoms. The average molecular weight is 380 g/mol. The lowest BCUT2D eigenvalue weighted by Gasteiger charge is -2.11. The molecule has 0 amide bonds. The highest BCUT2D eigenvalue weighted by Crippen LogP contribution is 2.21. The van der Waals surface area contributed by atoms with Crippen molar-refractivity contribution in [3.63, 3.8) is 0 Å². The fourth-order valence-electron chi connectivity index (χ4n) is 2.41. The number of aliphatic carboxylic acids is 1. The summed E-state index contributed by atoms with van der Waals surface area (Å²) in [7, 11) is 0. The van der Waals surface area contributed by atoms with E-state index in [1.54, 1.807) is 36.7 Å². The summed E-state index contributed by atoms with van der Waals surface area (Å²) in [6, 6.07) is 11.5. The minimum absolute atomic E-state index is 0.00171. The van der Waals surface area contributed by atoms with Crippen LogP contribution in [-0.4, -0.2) is 37.5 Å². The number of aromatic nitrogens is 3. The summed E-state index contributed by atoms with van der Waals surface area (Å²) < 4.78 is 0. The number of non-ortho nitro benzene ring substituents is 1. The molecule has 3 N–H and O–H groups in total. The number of pyridine rings is 1. The molecule has 0 atom stereocenters. The van der Waals surface area contributed by atoms with Gasteiger partial charge >= 0.3 is 5.97 Å². The fourth-order valence-corrected chi connectivity index (χ4v) is 2.41. The van der Waals surface area contributed by atoms with Gasteiger partial charge in [-0.25, -0.2) is 4.98 Å². The average Bonchev–Trinajstić information content (AvgIpc) is 2.71. The van der Waals surface area contributed by atoms with E-state index in [2.05, 4.69) is 25.6 Å². The lowest BCUT2D eigenvalue weighted by Crippen LogP contribution is -2.15. The number of anilines is 2. The second kappa shape index (κ2) is 8.54. The van der Waals surface area contributed by atoms with Crippen LogP contribution < -0.4 is 10.6 Å². The molecule has 0 spiro atoms. The molecule has 2 heterocycles. The summed E-state index contributed by atoms with van der Waals surface area (Å²) in [6.07, 6.45) is 3.27. The molecule has 2 aromatic heterocycles. The zero-order valence-electron chi connectivity index (χ0n) is 14.6. The van der Waals surface area contributed by atoms with Gasteiger partial charge in [0.05, 0.1) is 10.6 Å². The van der Waals surface area contributed by atoms with Gasteiger partial charge in [0.2, 0.25) is 5.95 Å². The maximum atomic E-state index is 10.9. The molecule has 0 aliphatic heterocycles. The summed E-state index contributed by atoms with van der Waals surface area (Å²) >= 11 is 0. The zero-order chi connectivity index (χ0) is 19.9. The quantitative estimate of drug-likeness (QED) is 0.397. The summed E-state index contributed by atoms with van der Waals surface area (Å²) in [5.41, 5.74) is 2.00. The number of benzene rings is 1. The molecule has 28 heavy (non-hydrogen) atoms. The van der Waals surface area contributed by atoms with E-state index in [9.17, 15) is 14.9 Å². The molecule has 142 valence electrons. The molecule has 0 unspecified atom stereocenters. The van der Waals surface area contributed by atoms with Crippen molar-refractivity contribution in [1.29, 1.82) is 0 Å². The van der Waals surface area contributed by atoms with Crippen LogP contribution >= 0.6 is 0 Å². The third-order valence-electron chi connectivity index (χ3n) is 3.68. The first kappa shape index (κ1) is 18.7. The molecular weight excluding hydrogens is 364 g/mol. The van der Waals surface area contributed by atoms with E-state index in [0.29, 0.717) is 23.6 Å². The Kier molecular flexibility index (Phi) is 5.70. The van der Waals surface area contributed by atoms with E-state index in [4.69, 9.17) is 5.11 Å². The lowest BCUT2D eigenvalue weighted by molar-refractivity contribution is -0.384. The van der Waals surface area contributed by atoms with E-state index < -0.39 is 10.9 Å². The van der Waals surface area contributed by atoms with Gasteiger partial charge in [0.25, 0.3) is 5.69 Å². The Morgan fingerprint density at radius 1 is 1.14 bits per heavy atom. The first-order valence-electron chi connectivity index (χ1n) is 8.23. The largest absolute Gasteiger partial charge is 0.480 e. The SMILES string of the molecule is O=C(O)CNc1nc(NCc2cccc([N+](=O)[O-])c2)cc(-c2cccnc2)n1. The number of nitro groups is 1. The summed E-state index contributed by atoms with van der Waals surface area (Å²) in [4.78, 5) is 33.9. The number of rotatable bonds is 8. The van der Waals surface area contributed by atoms with Crippen molar-refractivity contribution < 1.29 is 14.8 Å². The number of carboxylic acids is 1. The van der Waals surface area contributed by atoms with Crippen molar-refractivity contribution in [2.45, 2.75) is 6.54 Å². The van der Waals surface area contributed by atoms with Crippen LogP contribution in [0, 0.1) is 10.1 Å². The Bertz CT molecular complexity index is 996. The number of carbonyl (C=O) groups is 1. The van der Waals surface area contributed by atoms with Gasteiger partial charge in [0.1, 0.15) is 12.4 Å². The van der Waals surface area contributed by atoms with E-state index in [-0.39, 0.29) is 18.2 Å². The van der Waals surface area contributed by atoms with Crippen LogP contribution in [0.1, 0.15) is 5.56 Å². The number of nitrogens with one attached hydrogen (secondary N) is 2. The maximum absolute atomic E-state index is 10.9. The molecule has 0 radical (unpaired) electrons. The topological polar surface area (TPSA) is 143 Å². The van der Waals surface area contributed by atoms with Crippen LogP contribution in [0.2, 0.25) is 0 Å². The van der Waals surface area contributed by atoms with Crippen molar-refractivity contribution in [2.24, 2.45) is 0 Å². The van der Waals surface area contributed by atoms with Crippen LogP contribution in [0.4, 0.5) is 17.5 Å². The van der Waals surface area contributed by atoms with Gasteiger partial charge in [-0.05, 0) is 17.7 Å². The number of hydrogen-bond acceptors (Lipinski definition) is 8. The number of hydrogen-bond donors (Lipinski definition) is 3. The van der Waals surface area contributed by atoms with Gasteiger partial charge in [-0.3, -0.25) is 19.9 Å². The first-order chi connectivity index (χ1) is 13.5. The molecule has 1 aromatic carbocycles. The Hall–Kier alpha value is -4.08. The Labute approximate surface area is 159 Å². The van der Waals surface area contributed by atoms with E-state index in [1.807, 2.05) is 6.07 Å². The normalized spacial score (nSPS) is 10.3. The number of carboxylic acid groups (broad SMARTS) is 1. The first-order valence-corrected chi connectivity index (χ1v) is 8.23. The predicted molar refractivity (Wildman–Crippen MR) is 102 cm³/mol. The van der Waals surface area contributed by atoms with Crippen LogP contribution in [0.3, 0.4) is 0 Å². The second-order valence-corrected chi connectivity index (χ2v) is 5.73. The molecule has 0 aliphatic rings. The predicted octanol–water partition coefficient (Wildman–Crippen LogP) is 2.56. The highest BCUT2D eigenvalue weighted by molar-refractivity contribution is 5.72. The van der Waals surface area contributed by atoms with Gasteiger partial charge in [0.15, 0.2) is 0 Å². The minimum atomic E-state index is -1.04. The van der Waals surface area contributed by atoms with Gasteiger partial charge in [-0.2, -0.15) is 4.98 Å². The molecule has 3 aromatic rings. The van der Waals surface area contributed by atoms with E-state index >= 15 is 0 Å². The van der Waals surface area contributed by atoms with Crippen LogP contribution in [-0.2, 0) is 11.3 Å². The minimum Gasteiger partial charge on any atom is -0.480 e. The van der Waals surface area contributed by atoms with Crippen molar-refractivity contribution >= 4 is 23.4 Å². The standard InChI is InChI=1S/C18H16N6O4/c25-17(26)11-21-18-22-15(13-4-2-6-19-10-13)8-16(23-18)20-9-12-3-1-5-14(7-12)24(27)28/h1-8,10H,9,11H2,(H,25,26)(H2,20,21,22,23). The summed E-state index contributed by atoms with van der Waals surface area (Å²) in [6.45, 7) is -0.0373. The molecule has 0 saturated carbocycles. The zero-order valence-corrected chi connectivity index (χ0v) is 14.6. The summed E-state index contributed by atoms with van der Waals surface area (Å²) in [5, 5.41) is 25.5.